The summed E-state index contributed by atoms with van der Waals surface area (Å²) in [6.07, 6.45) is -0.0303. The van der Waals surface area contributed by atoms with Crippen molar-refractivity contribution in [1.82, 2.24) is 9.78 Å². The highest BCUT2D eigenvalue weighted by Gasteiger charge is 2.37. The van der Waals surface area contributed by atoms with Crippen molar-refractivity contribution in [3.05, 3.63) is 59.3 Å². The van der Waals surface area contributed by atoms with E-state index in [0.717, 1.165) is 22.3 Å². The van der Waals surface area contributed by atoms with Gasteiger partial charge in [-0.2, -0.15) is 5.10 Å². The van der Waals surface area contributed by atoms with Crippen molar-refractivity contribution in [3.63, 3.8) is 0 Å². The van der Waals surface area contributed by atoms with Crippen LogP contribution in [-0.2, 0) is 20.9 Å². The van der Waals surface area contributed by atoms with E-state index in [9.17, 15) is 9.59 Å². The van der Waals surface area contributed by atoms with Crippen LogP contribution in [0.15, 0.2) is 42.5 Å². The summed E-state index contributed by atoms with van der Waals surface area (Å²) in [5.74, 6) is 0.727. The third kappa shape index (κ3) is 4.22. The van der Waals surface area contributed by atoms with E-state index in [1.165, 1.54) is 0 Å². The van der Waals surface area contributed by atoms with E-state index >= 15 is 0 Å². The molecule has 4 rings (SSSR count). The lowest BCUT2D eigenvalue weighted by Gasteiger charge is -2.11. The van der Waals surface area contributed by atoms with Gasteiger partial charge in [0.1, 0.15) is 17.6 Å². The quantitative estimate of drug-likeness (QED) is 0.589. The summed E-state index contributed by atoms with van der Waals surface area (Å²) in [6, 6.07) is 12.6. The van der Waals surface area contributed by atoms with Crippen LogP contribution in [0.25, 0.3) is 11.1 Å². The maximum atomic E-state index is 12.8. The Morgan fingerprint density at radius 1 is 1.16 bits per heavy atom. The van der Waals surface area contributed by atoms with Crippen LogP contribution >= 0.6 is 0 Å². The number of rotatable bonds is 7. The molecule has 1 atom stereocenters. The molecule has 166 valence electrons. The Balaban J connectivity index is 1.63. The van der Waals surface area contributed by atoms with Crippen LogP contribution < -0.4 is 15.4 Å². The van der Waals surface area contributed by atoms with Gasteiger partial charge in [-0.15, -0.1) is 0 Å². The molecular formula is C24H26N4O4. The summed E-state index contributed by atoms with van der Waals surface area (Å²) in [6.45, 7) is 4.21. The van der Waals surface area contributed by atoms with Gasteiger partial charge in [0.15, 0.2) is 0 Å². The maximum Gasteiger partial charge on any atom is 0.251 e. The van der Waals surface area contributed by atoms with Gasteiger partial charge in [0, 0.05) is 12.8 Å². The number of carbonyl (C=O) groups excluding carboxylic acids is 2. The van der Waals surface area contributed by atoms with Crippen LogP contribution in [0.3, 0.4) is 0 Å². The Bertz CT molecular complexity index is 1160. The van der Waals surface area contributed by atoms with Gasteiger partial charge in [0.2, 0.25) is 5.91 Å². The Morgan fingerprint density at radius 2 is 1.91 bits per heavy atom. The number of anilines is 2. The number of hydrogen-bond acceptors (Lipinski definition) is 5. The molecule has 2 heterocycles. The second-order valence-corrected chi connectivity index (χ2v) is 7.91. The van der Waals surface area contributed by atoms with E-state index in [-0.39, 0.29) is 24.8 Å². The molecule has 0 spiro atoms. The molecule has 1 unspecified atom stereocenters. The minimum absolute atomic E-state index is 0.0303. The first-order valence-electron chi connectivity index (χ1n) is 10.3. The van der Waals surface area contributed by atoms with Gasteiger partial charge in [-0.05, 0) is 54.8 Å². The fourth-order valence-electron chi connectivity index (χ4n) is 4.07. The smallest absolute Gasteiger partial charge is 0.251 e. The molecule has 2 N–H and O–H groups in total. The van der Waals surface area contributed by atoms with E-state index in [2.05, 4.69) is 15.7 Å². The number of nitrogens with zero attached hydrogens (tertiary/aromatic N) is 2. The first kappa shape index (κ1) is 21.6. The summed E-state index contributed by atoms with van der Waals surface area (Å²) in [4.78, 5) is 25.5. The van der Waals surface area contributed by atoms with Crippen molar-refractivity contribution in [2.75, 3.05) is 24.9 Å². The summed E-state index contributed by atoms with van der Waals surface area (Å²) in [7, 11) is 3.19. The zero-order chi connectivity index (χ0) is 22.8. The number of hydrogen-bond donors (Lipinski definition) is 2. The highest BCUT2D eigenvalue weighted by molar-refractivity contribution is 6.04. The Hall–Kier alpha value is -3.65. The Morgan fingerprint density at radius 3 is 2.59 bits per heavy atom. The number of aromatic nitrogens is 2. The molecule has 8 nitrogen and oxygen atoms in total. The molecule has 0 aliphatic carbocycles. The molecule has 0 bridgehead atoms. The van der Waals surface area contributed by atoms with Gasteiger partial charge in [-0.1, -0.05) is 18.2 Å². The SMILES string of the molecule is COCc1nn2c(c1-c1cccc(OC)c1)NC(=O)C2CC(=O)Nc1cc(C)cc(C)c1. The molecule has 1 aliphatic heterocycles. The fraction of sp³-hybridized carbons (Fsp3) is 0.292. The number of carbonyl (C=O) groups is 2. The van der Waals surface area contributed by atoms with E-state index < -0.39 is 6.04 Å². The van der Waals surface area contributed by atoms with Crippen LogP contribution in [0.2, 0.25) is 0 Å². The summed E-state index contributed by atoms with van der Waals surface area (Å²) in [5.41, 5.74) is 5.11. The zero-order valence-electron chi connectivity index (χ0n) is 18.6. The van der Waals surface area contributed by atoms with Gasteiger partial charge >= 0.3 is 0 Å². The van der Waals surface area contributed by atoms with Crippen LogP contribution in [0.5, 0.6) is 5.75 Å². The van der Waals surface area contributed by atoms with Crippen molar-refractivity contribution in [1.29, 1.82) is 0 Å². The van der Waals surface area contributed by atoms with Gasteiger partial charge in [0.25, 0.3) is 5.91 Å². The van der Waals surface area contributed by atoms with Crippen LogP contribution in [0.1, 0.15) is 29.3 Å². The lowest BCUT2D eigenvalue weighted by atomic mass is 10.1. The Labute approximate surface area is 186 Å². The monoisotopic (exact) mass is 434 g/mol. The molecule has 1 aliphatic rings. The van der Waals surface area contributed by atoms with Gasteiger partial charge < -0.3 is 20.1 Å². The lowest BCUT2D eigenvalue weighted by molar-refractivity contribution is -0.123. The zero-order valence-corrected chi connectivity index (χ0v) is 18.6. The van der Waals surface area contributed by atoms with Crippen LogP contribution in [-0.4, -0.2) is 35.8 Å². The van der Waals surface area contributed by atoms with Gasteiger partial charge in [0.05, 0.1) is 31.4 Å². The molecule has 1 aromatic heterocycles. The minimum Gasteiger partial charge on any atom is -0.497 e. The second-order valence-electron chi connectivity index (χ2n) is 7.91. The molecule has 0 radical (unpaired) electrons. The summed E-state index contributed by atoms with van der Waals surface area (Å²) in [5, 5.41) is 10.4. The third-order valence-electron chi connectivity index (χ3n) is 5.35. The maximum absolute atomic E-state index is 12.8. The molecule has 2 aromatic carbocycles. The van der Waals surface area contributed by atoms with E-state index in [1.54, 1.807) is 18.9 Å². The minimum atomic E-state index is -0.745. The third-order valence-corrected chi connectivity index (χ3v) is 5.35. The van der Waals surface area contributed by atoms with E-state index in [0.29, 0.717) is 22.9 Å². The largest absolute Gasteiger partial charge is 0.497 e. The van der Waals surface area contributed by atoms with Gasteiger partial charge in [-0.25, -0.2) is 4.68 Å². The molecular weight excluding hydrogens is 408 g/mol. The van der Waals surface area contributed by atoms with Crippen molar-refractivity contribution < 1.29 is 19.1 Å². The van der Waals surface area contributed by atoms with E-state index in [4.69, 9.17) is 9.47 Å². The molecule has 2 amide bonds. The molecule has 8 heteroatoms. The van der Waals surface area contributed by atoms with Crippen molar-refractivity contribution in [3.8, 4) is 16.9 Å². The fourth-order valence-corrected chi connectivity index (χ4v) is 4.07. The van der Waals surface area contributed by atoms with E-state index in [1.807, 2.05) is 56.3 Å². The molecule has 0 fully saturated rings. The molecule has 0 saturated carbocycles. The number of methoxy groups -OCH3 is 2. The number of ether oxygens (including phenoxy) is 2. The molecule has 3 aromatic rings. The van der Waals surface area contributed by atoms with Crippen molar-refractivity contribution >= 4 is 23.3 Å². The van der Waals surface area contributed by atoms with Gasteiger partial charge in [-0.3, -0.25) is 9.59 Å². The topological polar surface area (TPSA) is 94.5 Å². The number of amides is 2. The molecule has 32 heavy (non-hydrogen) atoms. The number of fused-ring (bicyclic) bond motifs is 1. The highest BCUT2D eigenvalue weighted by Crippen LogP contribution is 2.39. The molecule has 0 saturated heterocycles. The lowest BCUT2D eigenvalue weighted by Crippen LogP contribution is -2.24. The predicted octanol–water partition coefficient (Wildman–Crippen LogP) is 3.84. The van der Waals surface area contributed by atoms with Crippen molar-refractivity contribution in [2.24, 2.45) is 0 Å². The summed E-state index contributed by atoms with van der Waals surface area (Å²) >= 11 is 0. The first-order chi connectivity index (χ1) is 15.4. The van der Waals surface area contributed by atoms with Crippen LogP contribution in [0.4, 0.5) is 11.5 Å². The highest BCUT2D eigenvalue weighted by atomic mass is 16.5. The first-order valence-corrected chi connectivity index (χ1v) is 10.3. The average molecular weight is 434 g/mol. The Kier molecular flexibility index (Phi) is 5.96. The number of benzene rings is 2. The second kappa shape index (κ2) is 8.84. The summed E-state index contributed by atoms with van der Waals surface area (Å²) < 4.78 is 12.3. The standard InChI is InChI=1S/C24H26N4O4/c1-14-8-15(2)10-17(9-14)25-21(29)12-20-24(30)26-23-22(19(13-31-3)27-28(20)23)16-6-5-7-18(11-16)32-4/h5-11,20H,12-13H2,1-4H3,(H,25,29)(H,26,30). The normalized spacial score (nSPS) is 14.8. The average Bonchev–Trinajstić information content (AvgIpc) is 3.22. The van der Waals surface area contributed by atoms with Crippen molar-refractivity contribution in [2.45, 2.75) is 32.9 Å². The van der Waals surface area contributed by atoms with Crippen LogP contribution in [0, 0.1) is 13.8 Å². The number of aryl methyl sites for hydroxylation is 2. The number of nitrogens with one attached hydrogen (secondary N) is 2. The predicted molar refractivity (Wildman–Crippen MR) is 122 cm³/mol.